The summed E-state index contributed by atoms with van der Waals surface area (Å²) in [6, 6.07) is 6.63. The minimum atomic E-state index is -3.66. The zero-order valence-corrected chi connectivity index (χ0v) is 13.0. The van der Waals surface area contributed by atoms with Crippen molar-refractivity contribution in [2.24, 2.45) is 5.92 Å². The SMILES string of the molecule is O=C(O)c1ncn2c1CN(CC1CC1)S(=O)(=O)c1ccccc1-2. The summed E-state index contributed by atoms with van der Waals surface area (Å²) < 4.78 is 28.9. The van der Waals surface area contributed by atoms with Crippen LogP contribution < -0.4 is 0 Å². The van der Waals surface area contributed by atoms with E-state index in [1.165, 1.54) is 10.6 Å². The maximum Gasteiger partial charge on any atom is 0.356 e. The molecule has 2 aromatic rings. The Labute approximate surface area is 133 Å². The summed E-state index contributed by atoms with van der Waals surface area (Å²) in [5.41, 5.74) is 0.741. The van der Waals surface area contributed by atoms with Crippen LogP contribution in [0.1, 0.15) is 29.0 Å². The number of rotatable bonds is 3. The van der Waals surface area contributed by atoms with Crippen LogP contribution in [0.15, 0.2) is 35.5 Å². The molecule has 4 rings (SSSR count). The lowest BCUT2D eigenvalue weighted by Crippen LogP contribution is -2.32. The largest absolute Gasteiger partial charge is 0.476 e. The zero-order valence-electron chi connectivity index (χ0n) is 12.2. The highest BCUT2D eigenvalue weighted by Crippen LogP contribution is 2.36. The molecule has 0 amide bonds. The fraction of sp³-hybridized carbons (Fsp3) is 0.333. The van der Waals surface area contributed by atoms with Crippen LogP contribution in [-0.4, -0.2) is 39.9 Å². The first kappa shape index (κ1) is 14.4. The Morgan fingerprint density at radius 1 is 1.30 bits per heavy atom. The lowest BCUT2D eigenvalue weighted by atomic mass is 10.2. The molecular formula is C15H15N3O4S. The van der Waals surface area contributed by atoms with Gasteiger partial charge < -0.3 is 5.11 Å². The van der Waals surface area contributed by atoms with E-state index >= 15 is 0 Å². The van der Waals surface area contributed by atoms with Crippen LogP contribution in [0.4, 0.5) is 0 Å². The van der Waals surface area contributed by atoms with Crippen molar-refractivity contribution in [1.82, 2.24) is 13.9 Å². The third kappa shape index (κ3) is 2.25. The molecule has 2 heterocycles. The predicted molar refractivity (Wildman–Crippen MR) is 80.8 cm³/mol. The maximum absolute atomic E-state index is 13.0. The zero-order chi connectivity index (χ0) is 16.2. The molecule has 1 aliphatic carbocycles. The summed E-state index contributed by atoms with van der Waals surface area (Å²) in [7, 11) is -3.66. The molecule has 1 fully saturated rings. The van der Waals surface area contributed by atoms with Crippen molar-refractivity contribution >= 4 is 16.0 Å². The van der Waals surface area contributed by atoms with Crippen molar-refractivity contribution in [3.05, 3.63) is 42.0 Å². The van der Waals surface area contributed by atoms with Crippen molar-refractivity contribution in [1.29, 1.82) is 0 Å². The molecule has 7 nitrogen and oxygen atoms in total. The molecule has 23 heavy (non-hydrogen) atoms. The molecule has 120 valence electrons. The fourth-order valence-corrected chi connectivity index (χ4v) is 4.59. The Bertz CT molecular complexity index is 899. The molecule has 8 heteroatoms. The Balaban J connectivity index is 1.95. The molecule has 1 aromatic carbocycles. The van der Waals surface area contributed by atoms with Crippen LogP contribution in [-0.2, 0) is 16.6 Å². The summed E-state index contributed by atoms with van der Waals surface area (Å²) >= 11 is 0. The summed E-state index contributed by atoms with van der Waals surface area (Å²) in [4.78, 5) is 15.6. The van der Waals surface area contributed by atoms with Gasteiger partial charge in [0.2, 0.25) is 10.0 Å². The first-order valence-electron chi connectivity index (χ1n) is 7.37. The van der Waals surface area contributed by atoms with Gasteiger partial charge in [0.25, 0.3) is 0 Å². The third-order valence-electron chi connectivity index (χ3n) is 4.30. The van der Waals surface area contributed by atoms with Crippen molar-refractivity contribution in [3.8, 4) is 5.69 Å². The minimum Gasteiger partial charge on any atom is -0.476 e. The van der Waals surface area contributed by atoms with E-state index in [-0.39, 0.29) is 17.1 Å². The lowest BCUT2D eigenvalue weighted by Gasteiger charge is -2.20. The van der Waals surface area contributed by atoms with Crippen molar-refractivity contribution in [2.45, 2.75) is 24.3 Å². The van der Waals surface area contributed by atoms with E-state index in [1.807, 2.05) is 0 Å². The second kappa shape index (κ2) is 4.90. The first-order chi connectivity index (χ1) is 11.0. The molecule has 0 spiro atoms. The van der Waals surface area contributed by atoms with E-state index in [1.54, 1.807) is 28.8 Å². The Kier molecular flexibility index (Phi) is 3.07. The average molecular weight is 333 g/mol. The van der Waals surface area contributed by atoms with Gasteiger partial charge in [0.05, 0.1) is 17.9 Å². The number of aromatic nitrogens is 2. The van der Waals surface area contributed by atoms with E-state index < -0.39 is 16.0 Å². The van der Waals surface area contributed by atoms with E-state index in [4.69, 9.17) is 0 Å². The number of hydrogen-bond donors (Lipinski definition) is 1. The quantitative estimate of drug-likeness (QED) is 0.918. The Morgan fingerprint density at radius 2 is 2.04 bits per heavy atom. The van der Waals surface area contributed by atoms with E-state index in [9.17, 15) is 18.3 Å². The van der Waals surface area contributed by atoms with Gasteiger partial charge in [0.15, 0.2) is 5.69 Å². The molecule has 1 saturated carbocycles. The standard InChI is InChI=1S/C15H15N3O4S/c19-15(20)14-12-8-17(7-10-5-6-10)23(21,22)13-4-2-1-3-11(13)18(12)9-16-14/h1-4,9-10H,5-8H2,(H,19,20). The van der Waals surface area contributed by atoms with Gasteiger partial charge in [0, 0.05) is 6.54 Å². The van der Waals surface area contributed by atoms with E-state index in [0.29, 0.717) is 23.8 Å². The number of fused-ring (bicyclic) bond motifs is 3. The first-order valence-corrected chi connectivity index (χ1v) is 8.81. The Morgan fingerprint density at radius 3 is 2.74 bits per heavy atom. The molecule has 0 unspecified atom stereocenters. The summed E-state index contributed by atoms with van der Waals surface area (Å²) in [6.45, 7) is 0.441. The highest BCUT2D eigenvalue weighted by atomic mass is 32.2. The number of sulfonamides is 1. The average Bonchev–Trinajstić information content (AvgIpc) is 3.24. The van der Waals surface area contributed by atoms with Crippen molar-refractivity contribution in [3.63, 3.8) is 0 Å². The second-order valence-corrected chi connectivity index (χ2v) is 7.83. The highest BCUT2D eigenvalue weighted by Gasteiger charge is 2.37. The van der Waals surface area contributed by atoms with Gasteiger partial charge in [0.1, 0.15) is 11.2 Å². The molecule has 1 aliphatic heterocycles. The van der Waals surface area contributed by atoms with Gasteiger partial charge in [-0.05, 0) is 30.9 Å². The molecule has 0 atom stereocenters. The smallest absolute Gasteiger partial charge is 0.356 e. The number of hydrogen-bond acceptors (Lipinski definition) is 4. The number of aromatic carboxylic acids is 1. The predicted octanol–water partition coefficient (Wildman–Crippen LogP) is 1.48. The highest BCUT2D eigenvalue weighted by molar-refractivity contribution is 7.89. The number of benzene rings is 1. The number of nitrogens with zero attached hydrogens (tertiary/aromatic N) is 3. The Hall–Kier alpha value is -2.19. The van der Waals surface area contributed by atoms with Gasteiger partial charge in [-0.2, -0.15) is 4.31 Å². The number of imidazole rings is 1. The van der Waals surface area contributed by atoms with Crippen molar-refractivity contribution < 1.29 is 18.3 Å². The van der Waals surface area contributed by atoms with Crippen LogP contribution in [0.25, 0.3) is 5.69 Å². The summed E-state index contributed by atoms with van der Waals surface area (Å²) in [5, 5.41) is 9.34. The van der Waals surface area contributed by atoms with Crippen molar-refractivity contribution in [2.75, 3.05) is 6.54 Å². The van der Waals surface area contributed by atoms with Gasteiger partial charge in [-0.3, -0.25) is 4.57 Å². The normalized spacial score (nSPS) is 19.7. The molecule has 0 bridgehead atoms. The number of carboxylic acids is 1. The van der Waals surface area contributed by atoms with Gasteiger partial charge in [-0.1, -0.05) is 12.1 Å². The van der Waals surface area contributed by atoms with Crippen LogP contribution in [0.5, 0.6) is 0 Å². The topological polar surface area (TPSA) is 92.5 Å². The summed E-state index contributed by atoms with van der Waals surface area (Å²) in [6.07, 6.45) is 3.41. The van der Waals surface area contributed by atoms with Crippen LogP contribution in [0.3, 0.4) is 0 Å². The second-order valence-electron chi connectivity index (χ2n) is 5.92. The molecular weight excluding hydrogens is 318 g/mol. The molecule has 1 N–H and O–H groups in total. The molecule has 2 aliphatic rings. The fourth-order valence-electron chi connectivity index (χ4n) is 2.93. The molecule has 0 radical (unpaired) electrons. The van der Waals surface area contributed by atoms with E-state index in [2.05, 4.69) is 4.98 Å². The number of carboxylic acid groups (broad SMARTS) is 1. The van der Waals surface area contributed by atoms with Gasteiger partial charge in [-0.25, -0.2) is 18.2 Å². The van der Waals surface area contributed by atoms with E-state index in [0.717, 1.165) is 12.8 Å². The minimum absolute atomic E-state index is 0.0230. The maximum atomic E-state index is 13.0. The molecule has 1 aromatic heterocycles. The van der Waals surface area contributed by atoms with Gasteiger partial charge in [-0.15, -0.1) is 0 Å². The van der Waals surface area contributed by atoms with Crippen LogP contribution >= 0.6 is 0 Å². The third-order valence-corrected chi connectivity index (χ3v) is 6.16. The van der Waals surface area contributed by atoms with Crippen LogP contribution in [0.2, 0.25) is 0 Å². The number of carbonyl (C=O) groups is 1. The van der Waals surface area contributed by atoms with Crippen LogP contribution in [0, 0.1) is 5.92 Å². The summed E-state index contributed by atoms with van der Waals surface area (Å²) in [5.74, 6) is -0.790. The van der Waals surface area contributed by atoms with Gasteiger partial charge >= 0.3 is 5.97 Å². The molecule has 0 saturated heterocycles. The number of para-hydroxylation sites is 1. The monoisotopic (exact) mass is 333 g/mol. The lowest BCUT2D eigenvalue weighted by molar-refractivity contribution is 0.0689.